The number of hydrogen-bond acceptors (Lipinski definition) is 5. The van der Waals surface area contributed by atoms with Gasteiger partial charge in [0, 0.05) is 18.7 Å². The highest BCUT2D eigenvalue weighted by atomic mass is 32.2. The van der Waals surface area contributed by atoms with Gasteiger partial charge in [-0.05, 0) is 17.9 Å². The number of nitro benzene ring substituents is 1. The van der Waals surface area contributed by atoms with Crippen molar-refractivity contribution >= 4 is 29.1 Å². The molecular formula is C12H15FN2O4S. The average Bonchev–Trinajstić information content (AvgIpc) is 2.35. The number of hydrogen-bond donors (Lipinski definition) is 2. The van der Waals surface area contributed by atoms with Crippen LogP contribution in [0.4, 0.5) is 15.8 Å². The smallest absolute Gasteiger partial charge is 0.338 e. The number of carboxylic acids is 1. The Morgan fingerprint density at radius 2 is 2.25 bits per heavy atom. The number of nitrogens with one attached hydrogen (secondary N) is 1. The van der Waals surface area contributed by atoms with Gasteiger partial charge < -0.3 is 10.4 Å². The zero-order valence-corrected chi connectivity index (χ0v) is 11.9. The van der Waals surface area contributed by atoms with Gasteiger partial charge in [0.15, 0.2) is 0 Å². The lowest BCUT2D eigenvalue weighted by molar-refractivity contribution is -0.384. The van der Waals surface area contributed by atoms with Crippen molar-refractivity contribution in [3.8, 4) is 0 Å². The Bertz CT molecular complexity index is 524. The van der Waals surface area contributed by atoms with E-state index in [2.05, 4.69) is 5.32 Å². The zero-order valence-electron chi connectivity index (χ0n) is 11.1. The SMILES string of the molecule is CSCC(C)CNc1cc(F)c(C(=O)O)cc1[N+](=O)[O-]. The Morgan fingerprint density at radius 3 is 2.75 bits per heavy atom. The van der Waals surface area contributed by atoms with Gasteiger partial charge in [-0.2, -0.15) is 11.8 Å². The highest BCUT2D eigenvalue weighted by Crippen LogP contribution is 2.28. The molecule has 1 unspecified atom stereocenters. The van der Waals surface area contributed by atoms with Gasteiger partial charge in [-0.1, -0.05) is 6.92 Å². The van der Waals surface area contributed by atoms with Crippen molar-refractivity contribution < 1.29 is 19.2 Å². The van der Waals surface area contributed by atoms with Crippen LogP contribution in [0.15, 0.2) is 12.1 Å². The fraction of sp³-hybridized carbons (Fsp3) is 0.417. The molecule has 110 valence electrons. The maximum atomic E-state index is 13.6. The lowest BCUT2D eigenvalue weighted by atomic mass is 10.1. The Hall–Kier alpha value is -1.83. The topological polar surface area (TPSA) is 92.5 Å². The number of carbonyl (C=O) groups is 1. The summed E-state index contributed by atoms with van der Waals surface area (Å²) in [5.74, 6) is -1.43. The molecule has 0 fully saturated rings. The summed E-state index contributed by atoms with van der Waals surface area (Å²) in [7, 11) is 0. The number of rotatable bonds is 7. The van der Waals surface area contributed by atoms with Crippen molar-refractivity contribution in [2.45, 2.75) is 6.92 Å². The number of aromatic carboxylic acids is 1. The molecule has 8 heteroatoms. The standard InChI is InChI=1S/C12H15FN2O4S/c1-7(6-20-2)5-14-10-4-9(13)8(12(16)17)3-11(10)15(18)19/h3-4,7,14H,5-6H2,1-2H3,(H,16,17). The van der Waals surface area contributed by atoms with Gasteiger partial charge >= 0.3 is 5.97 Å². The first-order valence-corrected chi connectivity index (χ1v) is 7.20. The van der Waals surface area contributed by atoms with Gasteiger partial charge in [0.1, 0.15) is 17.1 Å². The molecule has 1 rings (SSSR count). The van der Waals surface area contributed by atoms with E-state index in [1.807, 2.05) is 13.2 Å². The molecule has 0 aliphatic rings. The minimum Gasteiger partial charge on any atom is -0.478 e. The van der Waals surface area contributed by atoms with E-state index in [1.54, 1.807) is 11.8 Å². The Kier molecular flexibility index (Phi) is 5.75. The highest BCUT2D eigenvalue weighted by Gasteiger charge is 2.22. The highest BCUT2D eigenvalue weighted by molar-refractivity contribution is 7.98. The van der Waals surface area contributed by atoms with Crippen molar-refractivity contribution in [3.63, 3.8) is 0 Å². The quantitative estimate of drug-likeness (QED) is 0.594. The van der Waals surface area contributed by atoms with Crippen LogP contribution < -0.4 is 5.32 Å². The number of nitrogens with zero attached hydrogens (tertiary/aromatic N) is 1. The predicted molar refractivity (Wildman–Crippen MR) is 76.0 cm³/mol. The number of carboxylic acid groups (broad SMARTS) is 1. The first kappa shape index (κ1) is 16.2. The monoisotopic (exact) mass is 302 g/mol. The maximum absolute atomic E-state index is 13.6. The van der Waals surface area contributed by atoms with E-state index in [9.17, 15) is 19.3 Å². The number of benzene rings is 1. The molecule has 0 saturated carbocycles. The molecule has 0 saturated heterocycles. The summed E-state index contributed by atoms with van der Waals surface area (Å²) in [5, 5.41) is 22.5. The fourth-order valence-corrected chi connectivity index (χ4v) is 2.33. The number of halogens is 1. The number of anilines is 1. The van der Waals surface area contributed by atoms with Crippen molar-refractivity contribution in [3.05, 3.63) is 33.6 Å². The zero-order chi connectivity index (χ0) is 15.3. The van der Waals surface area contributed by atoms with Gasteiger partial charge in [-0.3, -0.25) is 10.1 Å². The minimum absolute atomic E-state index is 0.00884. The molecule has 6 nitrogen and oxygen atoms in total. The molecule has 2 N–H and O–H groups in total. The van der Waals surface area contributed by atoms with Crippen molar-refractivity contribution in [1.82, 2.24) is 0 Å². The van der Waals surface area contributed by atoms with Gasteiger partial charge in [0.25, 0.3) is 5.69 Å². The summed E-state index contributed by atoms with van der Waals surface area (Å²) in [6.07, 6.45) is 1.94. The van der Waals surface area contributed by atoms with Crippen LogP contribution in [0, 0.1) is 21.8 Å². The molecule has 20 heavy (non-hydrogen) atoms. The molecule has 0 aliphatic heterocycles. The predicted octanol–water partition coefficient (Wildman–Crippen LogP) is 2.84. The van der Waals surface area contributed by atoms with E-state index in [0.29, 0.717) is 6.54 Å². The van der Waals surface area contributed by atoms with Crippen LogP contribution in [0.5, 0.6) is 0 Å². The van der Waals surface area contributed by atoms with E-state index >= 15 is 0 Å². The van der Waals surface area contributed by atoms with E-state index in [4.69, 9.17) is 5.11 Å². The summed E-state index contributed by atoms with van der Waals surface area (Å²) < 4.78 is 13.6. The van der Waals surface area contributed by atoms with Crippen LogP contribution in [-0.2, 0) is 0 Å². The third kappa shape index (κ3) is 4.09. The lowest BCUT2D eigenvalue weighted by Crippen LogP contribution is -2.15. The molecule has 0 aliphatic carbocycles. The minimum atomic E-state index is -1.53. The summed E-state index contributed by atoms with van der Waals surface area (Å²) >= 11 is 1.64. The Labute approximate surface area is 119 Å². The first-order chi connectivity index (χ1) is 9.36. The summed E-state index contributed by atoms with van der Waals surface area (Å²) in [5.41, 5.74) is -1.16. The van der Waals surface area contributed by atoms with Crippen molar-refractivity contribution in [1.29, 1.82) is 0 Å². The fourth-order valence-electron chi connectivity index (χ4n) is 1.65. The maximum Gasteiger partial charge on any atom is 0.338 e. The Morgan fingerprint density at radius 1 is 1.60 bits per heavy atom. The average molecular weight is 302 g/mol. The lowest BCUT2D eigenvalue weighted by Gasteiger charge is -2.13. The third-order valence-electron chi connectivity index (χ3n) is 2.60. The van der Waals surface area contributed by atoms with Crippen LogP contribution in [0.25, 0.3) is 0 Å². The second-order valence-electron chi connectivity index (χ2n) is 4.35. The van der Waals surface area contributed by atoms with Crippen LogP contribution in [0.1, 0.15) is 17.3 Å². The second-order valence-corrected chi connectivity index (χ2v) is 5.26. The molecule has 0 aromatic heterocycles. The molecule has 1 atom stereocenters. The summed E-state index contributed by atoms with van der Waals surface area (Å²) in [6, 6.07) is 1.59. The van der Waals surface area contributed by atoms with E-state index in [1.165, 1.54) is 0 Å². The van der Waals surface area contributed by atoms with Crippen LogP contribution in [0.3, 0.4) is 0 Å². The summed E-state index contributed by atoms with van der Waals surface area (Å²) in [6.45, 7) is 2.39. The summed E-state index contributed by atoms with van der Waals surface area (Å²) in [4.78, 5) is 21.0. The second kappa shape index (κ2) is 7.09. The third-order valence-corrected chi connectivity index (χ3v) is 3.51. The molecule has 0 radical (unpaired) electrons. The molecule has 0 bridgehead atoms. The molecule has 0 amide bonds. The molecule has 1 aromatic carbocycles. The van der Waals surface area contributed by atoms with Gasteiger partial charge in [-0.15, -0.1) is 0 Å². The van der Waals surface area contributed by atoms with Crippen LogP contribution in [0.2, 0.25) is 0 Å². The molecular weight excluding hydrogens is 287 g/mol. The van der Waals surface area contributed by atoms with Gasteiger partial charge in [-0.25, -0.2) is 9.18 Å². The number of nitro groups is 1. The van der Waals surface area contributed by atoms with Crippen LogP contribution >= 0.6 is 11.8 Å². The van der Waals surface area contributed by atoms with Crippen molar-refractivity contribution in [2.75, 3.05) is 23.9 Å². The van der Waals surface area contributed by atoms with Gasteiger partial charge in [0.05, 0.1) is 4.92 Å². The number of thioether (sulfide) groups is 1. The Balaban J connectivity index is 3.03. The van der Waals surface area contributed by atoms with E-state index in [-0.39, 0.29) is 11.6 Å². The van der Waals surface area contributed by atoms with Gasteiger partial charge in [0.2, 0.25) is 0 Å². The molecule has 1 aromatic rings. The molecule has 0 heterocycles. The first-order valence-electron chi connectivity index (χ1n) is 5.80. The normalized spacial score (nSPS) is 11.9. The van der Waals surface area contributed by atoms with E-state index < -0.39 is 28.0 Å². The van der Waals surface area contributed by atoms with E-state index in [0.717, 1.165) is 17.9 Å². The largest absolute Gasteiger partial charge is 0.478 e. The van der Waals surface area contributed by atoms with Crippen LogP contribution in [-0.4, -0.2) is 34.6 Å². The van der Waals surface area contributed by atoms with Crippen molar-refractivity contribution in [2.24, 2.45) is 5.92 Å². The molecule has 0 spiro atoms.